The second-order valence-corrected chi connectivity index (χ2v) is 5.78. The lowest BCUT2D eigenvalue weighted by Gasteiger charge is -2.38. The van der Waals surface area contributed by atoms with Gasteiger partial charge in [0.15, 0.2) is 5.82 Å². The van der Waals surface area contributed by atoms with Crippen molar-refractivity contribution in [2.75, 3.05) is 17.2 Å². The van der Waals surface area contributed by atoms with Gasteiger partial charge in [0, 0.05) is 23.6 Å². The SMILES string of the molecule is CC1SCCN(c2ccc(CCl)nn2)C1C. The minimum Gasteiger partial charge on any atom is -0.350 e. The van der Waals surface area contributed by atoms with Gasteiger partial charge in [0.1, 0.15) is 0 Å². The summed E-state index contributed by atoms with van der Waals surface area (Å²) in [4.78, 5) is 2.33. The standard InChI is InChI=1S/C11H16ClN3S/c1-8-9(2)16-6-5-15(8)11-4-3-10(7-12)13-14-11/h3-4,8-9H,5-7H2,1-2H3. The Kier molecular flexibility index (Phi) is 3.92. The first-order valence-corrected chi connectivity index (χ1v) is 7.07. The molecule has 1 aliphatic heterocycles. The lowest BCUT2D eigenvalue weighted by Crippen LogP contribution is -2.45. The van der Waals surface area contributed by atoms with Crippen molar-refractivity contribution < 1.29 is 0 Å². The molecule has 0 radical (unpaired) electrons. The molecule has 0 spiro atoms. The summed E-state index contributed by atoms with van der Waals surface area (Å²) in [7, 11) is 0. The van der Waals surface area contributed by atoms with Gasteiger partial charge in [-0.1, -0.05) is 6.92 Å². The van der Waals surface area contributed by atoms with Crippen molar-refractivity contribution in [1.29, 1.82) is 0 Å². The lowest BCUT2D eigenvalue weighted by molar-refractivity contribution is 0.615. The summed E-state index contributed by atoms with van der Waals surface area (Å²) in [5.74, 6) is 2.55. The molecular formula is C11H16ClN3S. The molecule has 5 heteroatoms. The predicted molar refractivity (Wildman–Crippen MR) is 70.3 cm³/mol. The van der Waals surface area contributed by atoms with Crippen LogP contribution in [0.4, 0.5) is 5.82 Å². The molecule has 88 valence electrons. The number of thioether (sulfide) groups is 1. The number of halogens is 1. The van der Waals surface area contributed by atoms with Gasteiger partial charge in [-0.05, 0) is 19.1 Å². The Morgan fingerprint density at radius 2 is 2.25 bits per heavy atom. The van der Waals surface area contributed by atoms with Crippen LogP contribution in [0.1, 0.15) is 19.5 Å². The number of hydrogen-bond donors (Lipinski definition) is 0. The van der Waals surface area contributed by atoms with Crippen molar-refractivity contribution in [3.63, 3.8) is 0 Å². The van der Waals surface area contributed by atoms with E-state index in [1.165, 1.54) is 0 Å². The zero-order valence-corrected chi connectivity index (χ0v) is 11.1. The molecule has 0 aliphatic carbocycles. The van der Waals surface area contributed by atoms with Crippen molar-refractivity contribution in [2.24, 2.45) is 0 Å². The van der Waals surface area contributed by atoms with E-state index in [1.807, 2.05) is 23.9 Å². The minimum absolute atomic E-state index is 0.426. The van der Waals surface area contributed by atoms with E-state index in [9.17, 15) is 0 Å². The van der Waals surface area contributed by atoms with E-state index >= 15 is 0 Å². The molecule has 1 saturated heterocycles. The number of rotatable bonds is 2. The van der Waals surface area contributed by atoms with Gasteiger partial charge in [-0.15, -0.1) is 16.7 Å². The van der Waals surface area contributed by atoms with Crippen molar-refractivity contribution in [3.05, 3.63) is 17.8 Å². The highest BCUT2D eigenvalue weighted by molar-refractivity contribution is 8.00. The summed E-state index contributed by atoms with van der Waals surface area (Å²) in [5.41, 5.74) is 0.831. The Labute approximate surface area is 106 Å². The van der Waals surface area contributed by atoms with Gasteiger partial charge >= 0.3 is 0 Å². The third-order valence-electron chi connectivity index (χ3n) is 3.02. The monoisotopic (exact) mass is 257 g/mol. The van der Waals surface area contributed by atoms with Crippen LogP contribution in [0, 0.1) is 0 Å². The maximum atomic E-state index is 5.70. The summed E-state index contributed by atoms with van der Waals surface area (Å²) in [6.45, 7) is 5.56. The Morgan fingerprint density at radius 1 is 1.44 bits per heavy atom. The molecule has 0 N–H and O–H groups in total. The second kappa shape index (κ2) is 5.23. The molecule has 2 unspecified atom stereocenters. The average Bonchev–Trinajstić information content (AvgIpc) is 2.33. The minimum atomic E-state index is 0.426. The van der Waals surface area contributed by atoms with E-state index < -0.39 is 0 Å². The third kappa shape index (κ3) is 2.43. The molecule has 3 nitrogen and oxygen atoms in total. The van der Waals surface area contributed by atoms with Gasteiger partial charge in [0.25, 0.3) is 0 Å². The fraction of sp³-hybridized carbons (Fsp3) is 0.636. The van der Waals surface area contributed by atoms with Crippen molar-refractivity contribution >= 4 is 29.2 Å². The zero-order chi connectivity index (χ0) is 11.5. The van der Waals surface area contributed by atoms with E-state index in [0.717, 1.165) is 23.8 Å². The average molecular weight is 258 g/mol. The molecule has 1 fully saturated rings. The maximum absolute atomic E-state index is 5.70. The molecule has 1 aromatic heterocycles. The van der Waals surface area contributed by atoms with Crippen LogP contribution in [0.3, 0.4) is 0 Å². The number of alkyl halides is 1. The number of aromatic nitrogens is 2. The Morgan fingerprint density at radius 3 is 2.88 bits per heavy atom. The van der Waals surface area contributed by atoms with Crippen LogP contribution in [-0.4, -0.2) is 33.8 Å². The largest absolute Gasteiger partial charge is 0.350 e. The number of hydrogen-bond acceptors (Lipinski definition) is 4. The predicted octanol–water partition coefficient (Wildman–Crippen LogP) is 2.55. The van der Waals surface area contributed by atoms with E-state index in [0.29, 0.717) is 17.2 Å². The van der Waals surface area contributed by atoms with Gasteiger partial charge < -0.3 is 4.90 Å². The molecule has 1 aromatic rings. The normalized spacial score (nSPS) is 25.8. The molecule has 2 rings (SSSR count). The van der Waals surface area contributed by atoms with Gasteiger partial charge in [-0.2, -0.15) is 16.9 Å². The first-order chi connectivity index (χ1) is 7.72. The highest BCUT2D eigenvalue weighted by Gasteiger charge is 2.26. The summed E-state index contributed by atoms with van der Waals surface area (Å²) in [6, 6.07) is 4.48. The second-order valence-electron chi connectivity index (χ2n) is 4.03. The van der Waals surface area contributed by atoms with E-state index in [2.05, 4.69) is 28.9 Å². The summed E-state index contributed by atoms with van der Waals surface area (Å²) in [6.07, 6.45) is 0. The summed E-state index contributed by atoms with van der Waals surface area (Å²) in [5, 5.41) is 8.98. The van der Waals surface area contributed by atoms with Crippen LogP contribution in [0.25, 0.3) is 0 Å². The summed E-state index contributed by atoms with van der Waals surface area (Å²) >= 11 is 7.72. The topological polar surface area (TPSA) is 29.0 Å². The Hall–Kier alpha value is -0.480. The quantitative estimate of drug-likeness (QED) is 0.762. The van der Waals surface area contributed by atoms with Crippen molar-refractivity contribution in [3.8, 4) is 0 Å². The molecule has 1 aliphatic rings. The Balaban J connectivity index is 2.15. The molecule has 2 atom stereocenters. The highest BCUT2D eigenvalue weighted by Crippen LogP contribution is 2.27. The summed E-state index contributed by atoms with van der Waals surface area (Å²) < 4.78 is 0. The first kappa shape index (κ1) is 12.0. The molecule has 16 heavy (non-hydrogen) atoms. The van der Waals surface area contributed by atoms with Crippen LogP contribution >= 0.6 is 23.4 Å². The van der Waals surface area contributed by atoms with Gasteiger partial charge in [-0.25, -0.2) is 0 Å². The van der Waals surface area contributed by atoms with Crippen LogP contribution in [0.2, 0.25) is 0 Å². The Bertz CT molecular complexity index is 344. The zero-order valence-electron chi connectivity index (χ0n) is 9.56. The maximum Gasteiger partial charge on any atom is 0.151 e. The molecule has 0 bridgehead atoms. The van der Waals surface area contributed by atoms with Crippen molar-refractivity contribution in [1.82, 2.24) is 10.2 Å². The molecular weight excluding hydrogens is 242 g/mol. The van der Waals surface area contributed by atoms with Gasteiger partial charge in [0.05, 0.1) is 11.6 Å². The number of nitrogens with zero attached hydrogens (tertiary/aromatic N) is 3. The van der Waals surface area contributed by atoms with Crippen LogP contribution in [0.15, 0.2) is 12.1 Å². The lowest BCUT2D eigenvalue weighted by atomic mass is 10.2. The van der Waals surface area contributed by atoms with E-state index in [1.54, 1.807) is 0 Å². The highest BCUT2D eigenvalue weighted by atomic mass is 35.5. The third-order valence-corrected chi connectivity index (χ3v) is 4.63. The van der Waals surface area contributed by atoms with Crippen LogP contribution in [0.5, 0.6) is 0 Å². The van der Waals surface area contributed by atoms with Crippen LogP contribution < -0.4 is 4.90 Å². The first-order valence-electron chi connectivity index (χ1n) is 5.49. The van der Waals surface area contributed by atoms with Gasteiger partial charge in [0.2, 0.25) is 0 Å². The molecule has 0 aromatic carbocycles. The smallest absolute Gasteiger partial charge is 0.151 e. The molecule has 0 amide bonds. The molecule has 0 saturated carbocycles. The van der Waals surface area contributed by atoms with E-state index in [-0.39, 0.29) is 0 Å². The van der Waals surface area contributed by atoms with Crippen LogP contribution in [-0.2, 0) is 5.88 Å². The van der Waals surface area contributed by atoms with Gasteiger partial charge in [-0.3, -0.25) is 0 Å². The fourth-order valence-corrected chi connectivity index (χ4v) is 3.08. The van der Waals surface area contributed by atoms with E-state index in [4.69, 9.17) is 11.6 Å². The number of anilines is 1. The van der Waals surface area contributed by atoms with Crippen molar-refractivity contribution in [2.45, 2.75) is 31.0 Å². The molecule has 2 heterocycles. The fourth-order valence-electron chi connectivity index (χ4n) is 1.83.